The largest absolute Gasteiger partial charge is 0.398 e. The summed E-state index contributed by atoms with van der Waals surface area (Å²) in [6.45, 7) is 4.74. The van der Waals surface area contributed by atoms with Crippen molar-refractivity contribution < 1.29 is 4.74 Å². The summed E-state index contributed by atoms with van der Waals surface area (Å²) in [5.41, 5.74) is 8.72. The van der Waals surface area contributed by atoms with Crippen LogP contribution in [0.2, 0.25) is 0 Å². The van der Waals surface area contributed by atoms with Crippen LogP contribution in [0.3, 0.4) is 0 Å². The lowest BCUT2D eigenvalue weighted by Gasteiger charge is -2.16. The molecule has 1 unspecified atom stereocenters. The summed E-state index contributed by atoms with van der Waals surface area (Å²) in [5, 5.41) is 3.35. The molecule has 0 aliphatic heterocycles. The van der Waals surface area contributed by atoms with Crippen molar-refractivity contribution in [1.82, 2.24) is 0 Å². The minimum Gasteiger partial charge on any atom is -0.398 e. The number of methoxy groups -OCH3 is 1. The minimum absolute atomic E-state index is 0.273. The van der Waals surface area contributed by atoms with Crippen LogP contribution in [0.25, 0.3) is 0 Å². The van der Waals surface area contributed by atoms with Gasteiger partial charge in [0.1, 0.15) is 0 Å². The minimum atomic E-state index is 0.273. The average Bonchev–Trinajstić information content (AvgIpc) is 2.14. The fourth-order valence-electron chi connectivity index (χ4n) is 1.36. The molecule has 0 spiro atoms. The van der Waals surface area contributed by atoms with Gasteiger partial charge < -0.3 is 15.8 Å². The van der Waals surface area contributed by atoms with Gasteiger partial charge in [-0.05, 0) is 47.5 Å². The van der Waals surface area contributed by atoms with Crippen molar-refractivity contribution in [2.45, 2.75) is 19.9 Å². The Labute approximate surface area is 99.1 Å². The van der Waals surface area contributed by atoms with Gasteiger partial charge in [0, 0.05) is 29.0 Å². The highest BCUT2D eigenvalue weighted by molar-refractivity contribution is 9.10. The third-order valence-corrected chi connectivity index (χ3v) is 2.83. The molecule has 0 bridgehead atoms. The van der Waals surface area contributed by atoms with E-state index in [-0.39, 0.29) is 6.04 Å². The second kappa shape index (κ2) is 5.37. The molecule has 1 aromatic rings. The van der Waals surface area contributed by atoms with Crippen LogP contribution in [-0.2, 0) is 4.74 Å². The molecule has 3 nitrogen and oxygen atoms in total. The SMILES string of the molecule is COCC(C)Nc1cc(C)c(N)cc1Br. The van der Waals surface area contributed by atoms with Crippen molar-refractivity contribution in [1.29, 1.82) is 0 Å². The highest BCUT2D eigenvalue weighted by atomic mass is 79.9. The van der Waals surface area contributed by atoms with Crippen molar-refractivity contribution in [2.75, 3.05) is 24.8 Å². The van der Waals surface area contributed by atoms with Crippen molar-refractivity contribution in [2.24, 2.45) is 0 Å². The molecule has 3 N–H and O–H groups in total. The van der Waals surface area contributed by atoms with Crippen molar-refractivity contribution in [3.8, 4) is 0 Å². The third-order valence-electron chi connectivity index (χ3n) is 2.17. The summed E-state index contributed by atoms with van der Waals surface area (Å²) in [6.07, 6.45) is 0. The van der Waals surface area contributed by atoms with Crippen molar-refractivity contribution in [3.63, 3.8) is 0 Å². The van der Waals surface area contributed by atoms with E-state index in [1.165, 1.54) is 0 Å². The van der Waals surface area contributed by atoms with E-state index in [4.69, 9.17) is 10.5 Å². The fraction of sp³-hybridized carbons (Fsp3) is 0.455. The van der Waals surface area contributed by atoms with Crippen LogP contribution in [0.5, 0.6) is 0 Å². The van der Waals surface area contributed by atoms with E-state index in [1.54, 1.807) is 7.11 Å². The number of benzene rings is 1. The second-order valence-electron chi connectivity index (χ2n) is 3.69. The van der Waals surface area contributed by atoms with E-state index in [9.17, 15) is 0 Å². The van der Waals surface area contributed by atoms with E-state index in [0.717, 1.165) is 21.4 Å². The van der Waals surface area contributed by atoms with Crippen LogP contribution in [0.15, 0.2) is 16.6 Å². The summed E-state index contributed by atoms with van der Waals surface area (Å²) in [6, 6.07) is 4.22. The zero-order chi connectivity index (χ0) is 11.4. The number of halogens is 1. The molecule has 0 fully saturated rings. The summed E-state index contributed by atoms with van der Waals surface area (Å²) < 4.78 is 6.05. The first-order valence-corrected chi connectivity index (χ1v) is 5.65. The molecule has 0 saturated carbocycles. The number of anilines is 2. The first-order chi connectivity index (χ1) is 7.04. The molecule has 0 amide bonds. The molecule has 0 aromatic heterocycles. The van der Waals surface area contributed by atoms with Gasteiger partial charge in [-0.25, -0.2) is 0 Å². The van der Waals surface area contributed by atoms with Crippen LogP contribution in [0.1, 0.15) is 12.5 Å². The lowest BCUT2D eigenvalue weighted by molar-refractivity contribution is 0.190. The maximum absolute atomic E-state index is 5.80. The van der Waals surface area contributed by atoms with Crippen LogP contribution >= 0.6 is 15.9 Å². The van der Waals surface area contributed by atoms with Gasteiger partial charge in [0.2, 0.25) is 0 Å². The summed E-state index contributed by atoms with van der Waals surface area (Å²) in [4.78, 5) is 0. The van der Waals surface area contributed by atoms with Crippen molar-refractivity contribution in [3.05, 3.63) is 22.2 Å². The van der Waals surface area contributed by atoms with Gasteiger partial charge in [-0.3, -0.25) is 0 Å². The Bertz CT molecular complexity index is 342. The molecule has 84 valence electrons. The molecule has 4 heteroatoms. The summed E-state index contributed by atoms with van der Waals surface area (Å²) in [5.74, 6) is 0. The van der Waals surface area contributed by atoms with E-state index in [0.29, 0.717) is 6.61 Å². The number of ether oxygens (including phenoxy) is 1. The lowest BCUT2D eigenvalue weighted by atomic mass is 10.1. The number of nitrogens with one attached hydrogen (secondary N) is 1. The van der Waals surface area contributed by atoms with E-state index >= 15 is 0 Å². The molecule has 1 aromatic carbocycles. The third kappa shape index (κ3) is 3.39. The second-order valence-corrected chi connectivity index (χ2v) is 4.54. The van der Waals surface area contributed by atoms with Crippen LogP contribution < -0.4 is 11.1 Å². The number of hydrogen-bond donors (Lipinski definition) is 2. The average molecular weight is 273 g/mol. The molecule has 0 aliphatic carbocycles. The maximum atomic E-state index is 5.80. The van der Waals surface area contributed by atoms with Gasteiger partial charge in [-0.1, -0.05) is 0 Å². The van der Waals surface area contributed by atoms with Gasteiger partial charge in [0.05, 0.1) is 6.61 Å². The number of hydrogen-bond acceptors (Lipinski definition) is 3. The van der Waals surface area contributed by atoms with Gasteiger partial charge in [-0.15, -0.1) is 0 Å². The Balaban J connectivity index is 2.81. The molecule has 1 atom stereocenters. The monoisotopic (exact) mass is 272 g/mol. The first-order valence-electron chi connectivity index (χ1n) is 4.85. The number of aryl methyl sites for hydroxylation is 1. The molecule has 15 heavy (non-hydrogen) atoms. The van der Waals surface area contributed by atoms with E-state index in [1.807, 2.05) is 19.1 Å². The topological polar surface area (TPSA) is 47.3 Å². The predicted molar refractivity (Wildman–Crippen MR) is 68.3 cm³/mol. The van der Waals surface area contributed by atoms with Gasteiger partial charge >= 0.3 is 0 Å². The Morgan fingerprint density at radius 1 is 1.53 bits per heavy atom. The molecule has 1 rings (SSSR count). The number of rotatable bonds is 4. The van der Waals surface area contributed by atoms with E-state index < -0.39 is 0 Å². The van der Waals surface area contributed by atoms with E-state index in [2.05, 4.69) is 28.2 Å². The maximum Gasteiger partial charge on any atom is 0.0661 e. The molecule has 0 aliphatic rings. The van der Waals surface area contributed by atoms with Gasteiger partial charge in [0.15, 0.2) is 0 Å². The fourth-order valence-corrected chi connectivity index (χ4v) is 1.84. The highest BCUT2D eigenvalue weighted by Crippen LogP contribution is 2.28. The normalized spacial score (nSPS) is 12.5. The van der Waals surface area contributed by atoms with Crippen LogP contribution in [0.4, 0.5) is 11.4 Å². The summed E-state index contributed by atoms with van der Waals surface area (Å²) >= 11 is 3.48. The zero-order valence-corrected chi connectivity index (χ0v) is 10.9. The van der Waals surface area contributed by atoms with Crippen molar-refractivity contribution >= 4 is 27.3 Å². The predicted octanol–water partition coefficient (Wildman–Crippen LogP) is 2.79. The van der Waals surface area contributed by atoms with Gasteiger partial charge in [-0.2, -0.15) is 0 Å². The van der Waals surface area contributed by atoms with Gasteiger partial charge in [0.25, 0.3) is 0 Å². The molecule has 0 heterocycles. The standard InChI is InChI=1S/C11H17BrN2O/c1-7-4-11(9(12)5-10(7)13)14-8(2)6-15-3/h4-5,8,14H,6,13H2,1-3H3. The number of nitrogens with two attached hydrogens (primary N) is 1. The highest BCUT2D eigenvalue weighted by Gasteiger charge is 2.06. The molecule has 0 radical (unpaired) electrons. The quantitative estimate of drug-likeness (QED) is 0.829. The Kier molecular flexibility index (Phi) is 4.42. The zero-order valence-electron chi connectivity index (χ0n) is 9.30. The number of nitrogen functional groups attached to an aromatic ring is 1. The smallest absolute Gasteiger partial charge is 0.0661 e. The summed E-state index contributed by atoms with van der Waals surface area (Å²) in [7, 11) is 1.70. The Hall–Kier alpha value is -0.740. The Morgan fingerprint density at radius 2 is 2.20 bits per heavy atom. The molecular weight excluding hydrogens is 256 g/mol. The first kappa shape index (κ1) is 12.3. The molecular formula is C11H17BrN2O. The lowest BCUT2D eigenvalue weighted by Crippen LogP contribution is -2.21. The Morgan fingerprint density at radius 3 is 2.80 bits per heavy atom. The van der Waals surface area contributed by atoms with Crippen LogP contribution in [-0.4, -0.2) is 19.8 Å². The molecule has 0 saturated heterocycles. The van der Waals surface area contributed by atoms with Crippen LogP contribution in [0, 0.1) is 6.92 Å².